The van der Waals surface area contributed by atoms with E-state index < -0.39 is 0 Å². The summed E-state index contributed by atoms with van der Waals surface area (Å²) >= 11 is 0. The van der Waals surface area contributed by atoms with E-state index in [-0.39, 0.29) is 12.1 Å². The average Bonchev–Trinajstić information content (AvgIpc) is 2.46. The van der Waals surface area contributed by atoms with Crippen LogP contribution < -0.4 is 4.74 Å². The van der Waals surface area contributed by atoms with Gasteiger partial charge in [-0.25, -0.2) is 4.79 Å². The zero-order chi connectivity index (χ0) is 13.7. The van der Waals surface area contributed by atoms with Crippen LogP contribution in [0.3, 0.4) is 0 Å². The third-order valence-electron chi connectivity index (χ3n) is 3.32. The fourth-order valence-electron chi connectivity index (χ4n) is 2.14. The van der Waals surface area contributed by atoms with Crippen molar-refractivity contribution in [2.24, 2.45) is 0 Å². The molecule has 19 heavy (non-hydrogen) atoms. The standard InChI is InChI=1S/C15H20O4/c1-11-6-7-12(9-14(11)17-2)15(16)19-10-13-5-3-4-8-18-13/h6-7,9,13H,3-5,8,10H2,1-2H3. The van der Waals surface area contributed by atoms with E-state index in [1.807, 2.05) is 13.0 Å². The summed E-state index contributed by atoms with van der Waals surface area (Å²) in [6.45, 7) is 3.03. The van der Waals surface area contributed by atoms with Crippen LogP contribution in [0.5, 0.6) is 5.75 Å². The van der Waals surface area contributed by atoms with Crippen molar-refractivity contribution in [3.63, 3.8) is 0 Å². The monoisotopic (exact) mass is 264 g/mol. The highest BCUT2D eigenvalue weighted by atomic mass is 16.6. The van der Waals surface area contributed by atoms with Crippen molar-refractivity contribution in [1.29, 1.82) is 0 Å². The molecule has 0 radical (unpaired) electrons. The quantitative estimate of drug-likeness (QED) is 0.784. The molecule has 0 saturated carbocycles. The molecular weight excluding hydrogens is 244 g/mol. The largest absolute Gasteiger partial charge is 0.496 e. The molecular formula is C15H20O4. The lowest BCUT2D eigenvalue weighted by molar-refractivity contribution is -0.0300. The van der Waals surface area contributed by atoms with Crippen LogP contribution in [-0.4, -0.2) is 32.4 Å². The smallest absolute Gasteiger partial charge is 0.338 e. The van der Waals surface area contributed by atoms with Gasteiger partial charge >= 0.3 is 5.97 Å². The van der Waals surface area contributed by atoms with Gasteiger partial charge in [-0.3, -0.25) is 0 Å². The molecule has 1 atom stereocenters. The Morgan fingerprint density at radius 1 is 1.42 bits per heavy atom. The van der Waals surface area contributed by atoms with Crippen molar-refractivity contribution in [3.8, 4) is 5.75 Å². The second-order valence-corrected chi connectivity index (χ2v) is 4.77. The number of benzene rings is 1. The van der Waals surface area contributed by atoms with Crippen molar-refractivity contribution in [2.45, 2.75) is 32.3 Å². The number of hydrogen-bond acceptors (Lipinski definition) is 4. The predicted molar refractivity (Wildman–Crippen MR) is 71.6 cm³/mol. The zero-order valence-corrected chi connectivity index (χ0v) is 11.5. The maximum Gasteiger partial charge on any atom is 0.338 e. The second-order valence-electron chi connectivity index (χ2n) is 4.77. The van der Waals surface area contributed by atoms with E-state index in [4.69, 9.17) is 14.2 Å². The zero-order valence-electron chi connectivity index (χ0n) is 11.5. The normalized spacial score (nSPS) is 18.9. The predicted octanol–water partition coefficient (Wildman–Crippen LogP) is 2.73. The van der Waals surface area contributed by atoms with E-state index in [2.05, 4.69) is 0 Å². The van der Waals surface area contributed by atoms with E-state index in [1.165, 1.54) is 0 Å². The molecule has 0 bridgehead atoms. The van der Waals surface area contributed by atoms with Crippen LogP contribution in [0.1, 0.15) is 35.2 Å². The third kappa shape index (κ3) is 3.70. The highest BCUT2D eigenvalue weighted by Crippen LogP contribution is 2.20. The van der Waals surface area contributed by atoms with Gasteiger partial charge < -0.3 is 14.2 Å². The summed E-state index contributed by atoms with van der Waals surface area (Å²) in [5.74, 6) is 0.371. The first-order valence-electron chi connectivity index (χ1n) is 6.64. The molecule has 2 rings (SSSR count). The summed E-state index contributed by atoms with van der Waals surface area (Å²) in [7, 11) is 1.59. The molecule has 0 N–H and O–H groups in total. The molecule has 1 fully saturated rings. The van der Waals surface area contributed by atoms with Crippen LogP contribution in [0.25, 0.3) is 0 Å². The van der Waals surface area contributed by atoms with Gasteiger partial charge in [0.25, 0.3) is 0 Å². The lowest BCUT2D eigenvalue weighted by Gasteiger charge is -2.22. The molecule has 1 aliphatic rings. The second kappa shape index (κ2) is 6.57. The summed E-state index contributed by atoms with van der Waals surface area (Å²) in [5, 5.41) is 0. The number of carbonyl (C=O) groups excluding carboxylic acids is 1. The summed E-state index contributed by atoms with van der Waals surface area (Å²) in [4.78, 5) is 11.9. The first-order valence-corrected chi connectivity index (χ1v) is 6.64. The molecule has 0 aliphatic carbocycles. The molecule has 1 aromatic rings. The SMILES string of the molecule is COc1cc(C(=O)OCC2CCCCO2)ccc1C. The third-order valence-corrected chi connectivity index (χ3v) is 3.32. The molecule has 1 saturated heterocycles. The summed E-state index contributed by atoms with van der Waals surface area (Å²) < 4.78 is 16.0. The number of esters is 1. The van der Waals surface area contributed by atoms with E-state index in [9.17, 15) is 4.79 Å². The fraction of sp³-hybridized carbons (Fsp3) is 0.533. The number of hydrogen-bond donors (Lipinski definition) is 0. The van der Waals surface area contributed by atoms with Crippen LogP contribution in [0.2, 0.25) is 0 Å². The van der Waals surface area contributed by atoms with Crippen molar-refractivity contribution in [3.05, 3.63) is 29.3 Å². The molecule has 0 aromatic heterocycles. The fourth-order valence-corrected chi connectivity index (χ4v) is 2.14. The number of methoxy groups -OCH3 is 1. The van der Waals surface area contributed by atoms with Crippen molar-refractivity contribution >= 4 is 5.97 Å². The highest BCUT2D eigenvalue weighted by molar-refractivity contribution is 5.90. The summed E-state index contributed by atoms with van der Waals surface area (Å²) in [5.41, 5.74) is 1.51. The number of rotatable bonds is 4. The van der Waals surface area contributed by atoms with E-state index in [0.29, 0.717) is 17.9 Å². The average molecular weight is 264 g/mol. The Labute approximate surface area is 113 Å². The van der Waals surface area contributed by atoms with Gasteiger partial charge in [-0.05, 0) is 43.9 Å². The van der Waals surface area contributed by atoms with Crippen LogP contribution in [0, 0.1) is 6.92 Å². The highest BCUT2D eigenvalue weighted by Gasteiger charge is 2.17. The number of carbonyl (C=O) groups is 1. The Bertz CT molecular complexity index is 436. The summed E-state index contributed by atoms with van der Waals surface area (Å²) in [6, 6.07) is 5.31. The Balaban J connectivity index is 1.92. The maximum atomic E-state index is 11.9. The van der Waals surface area contributed by atoms with Gasteiger partial charge in [0.2, 0.25) is 0 Å². The van der Waals surface area contributed by atoms with Gasteiger partial charge in [-0.2, -0.15) is 0 Å². The summed E-state index contributed by atoms with van der Waals surface area (Å²) in [6.07, 6.45) is 3.25. The van der Waals surface area contributed by atoms with Crippen LogP contribution in [-0.2, 0) is 9.47 Å². The van der Waals surface area contributed by atoms with Gasteiger partial charge in [0.1, 0.15) is 12.4 Å². The number of aryl methyl sites for hydroxylation is 1. The van der Waals surface area contributed by atoms with Crippen LogP contribution in [0.4, 0.5) is 0 Å². The first kappa shape index (κ1) is 13.9. The number of ether oxygens (including phenoxy) is 3. The lowest BCUT2D eigenvalue weighted by Crippen LogP contribution is -2.25. The van der Waals surface area contributed by atoms with Gasteiger partial charge in [-0.1, -0.05) is 6.07 Å². The minimum atomic E-state index is -0.326. The van der Waals surface area contributed by atoms with Gasteiger partial charge in [0.15, 0.2) is 0 Å². The Morgan fingerprint density at radius 2 is 2.26 bits per heavy atom. The molecule has 0 spiro atoms. The maximum absolute atomic E-state index is 11.9. The molecule has 1 unspecified atom stereocenters. The Morgan fingerprint density at radius 3 is 2.95 bits per heavy atom. The lowest BCUT2D eigenvalue weighted by atomic mass is 10.1. The van der Waals surface area contributed by atoms with Crippen LogP contribution in [0.15, 0.2) is 18.2 Å². The van der Waals surface area contributed by atoms with Gasteiger partial charge in [-0.15, -0.1) is 0 Å². The minimum absolute atomic E-state index is 0.0463. The van der Waals surface area contributed by atoms with E-state index in [0.717, 1.165) is 31.4 Å². The molecule has 1 aliphatic heterocycles. The molecule has 1 heterocycles. The molecule has 0 amide bonds. The van der Waals surface area contributed by atoms with E-state index >= 15 is 0 Å². The first-order chi connectivity index (χ1) is 9.20. The Kier molecular flexibility index (Phi) is 4.80. The molecule has 4 heteroatoms. The topological polar surface area (TPSA) is 44.8 Å². The van der Waals surface area contributed by atoms with E-state index in [1.54, 1.807) is 19.2 Å². The Hall–Kier alpha value is -1.55. The van der Waals surface area contributed by atoms with Gasteiger partial charge in [0, 0.05) is 6.61 Å². The van der Waals surface area contributed by atoms with Crippen molar-refractivity contribution in [1.82, 2.24) is 0 Å². The van der Waals surface area contributed by atoms with Crippen LogP contribution >= 0.6 is 0 Å². The van der Waals surface area contributed by atoms with Gasteiger partial charge in [0.05, 0.1) is 18.8 Å². The molecule has 4 nitrogen and oxygen atoms in total. The molecule has 1 aromatic carbocycles. The van der Waals surface area contributed by atoms with Crippen molar-refractivity contribution in [2.75, 3.05) is 20.3 Å². The minimum Gasteiger partial charge on any atom is -0.496 e. The molecule has 104 valence electrons. The van der Waals surface area contributed by atoms with Crippen molar-refractivity contribution < 1.29 is 19.0 Å².